The Morgan fingerprint density at radius 2 is 2.05 bits per heavy atom. The number of carboxylic acids is 1. The molecule has 1 unspecified atom stereocenters. The summed E-state index contributed by atoms with van der Waals surface area (Å²) in [5, 5.41) is 13.7. The minimum Gasteiger partial charge on any atom is -0.481 e. The van der Waals surface area contributed by atoms with Gasteiger partial charge in [0, 0.05) is 13.0 Å². The van der Waals surface area contributed by atoms with Crippen molar-refractivity contribution >= 4 is 5.97 Å². The molecule has 1 aromatic carbocycles. The van der Waals surface area contributed by atoms with Gasteiger partial charge in [0.1, 0.15) is 12.2 Å². The highest BCUT2D eigenvalue weighted by Gasteiger charge is 2.36. The molecule has 0 amide bonds. The molecule has 0 radical (unpaired) electrons. The van der Waals surface area contributed by atoms with Crippen molar-refractivity contribution in [3.05, 3.63) is 48.0 Å². The number of carboxylic acid groups (broad SMARTS) is 1. The minimum absolute atomic E-state index is 0.320. The Labute approximate surface area is 111 Å². The van der Waals surface area contributed by atoms with Crippen LogP contribution in [0.1, 0.15) is 25.2 Å². The number of rotatable bonds is 5. The summed E-state index contributed by atoms with van der Waals surface area (Å²) in [6.45, 7) is 4.36. The van der Waals surface area contributed by atoms with E-state index in [0.29, 0.717) is 18.8 Å². The summed E-state index contributed by atoms with van der Waals surface area (Å²) in [4.78, 5) is 15.9. The Kier molecular flexibility index (Phi) is 3.64. The van der Waals surface area contributed by atoms with Crippen LogP contribution >= 0.6 is 0 Å². The van der Waals surface area contributed by atoms with Crippen molar-refractivity contribution in [3.63, 3.8) is 0 Å². The number of aromatic nitrogens is 3. The van der Waals surface area contributed by atoms with Gasteiger partial charge >= 0.3 is 5.97 Å². The van der Waals surface area contributed by atoms with Gasteiger partial charge in [-0.05, 0) is 19.4 Å². The maximum Gasteiger partial charge on any atom is 0.314 e. The van der Waals surface area contributed by atoms with Crippen LogP contribution in [0.3, 0.4) is 0 Å². The molecule has 2 rings (SSSR count). The molecule has 1 N–H and O–H groups in total. The molecule has 0 aliphatic carbocycles. The first kappa shape index (κ1) is 13.3. The summed E-state index contributed by atoms with van der Waals surface area (Å²) in [6, 6.07) is 9.24. The minimum atomic E-state index is -0.999. The highest BCUT2D eigenvalue weighted by molar-refractivity contribution is 5.81. The third-order valence-corrected chi connectivity index (χ3v) is 3.39. The van der Waals surface area contributed by atoms with Crippen LogP contribution in [0.15, 0.2) is 36.7 Å². The van der Waals surface area contributed by atoms with Crippen molar-refractivity contribution in [2.45, 2.75) is 32.2 Å². The van der Waals surface area contributed by atoms with Gasteiger partial charge in [0.25, 0.3) is 0 Å². The SMILES string of the molecule is CCn1ncnc1CC(C)(C(=O)O)c1ccccc1. The second-order valence-corrected chi connectivity index (χ2v) is 4.67. The Hall–Kier alpha value is -2.17. The van der Waals surface area contributed by atoms with E-state index in [1.165, 1.54) is 6.33 Å². The lowest BCUT2D eigenvalue weighted by Crippen LogP contribution is -2.35. The molecule has 0 bridgehead atoms. The molecule has 5 heteroatoms. The Morgan fingerprint density at radius 1 is 1.37 bits per heavy atom. The average molecular weight is 259 g/mol. The number of nitrogens with zero attached hydrogens (tertiary/aromatic N) is 3. The van der Waals surface area contributed by atoms with Crippen LogP contribution in [0.2, 0.25) is 0 Å². The van der Waals surface area contributed by atoms with Gasteiger partial charge in [0.2, 0.25) is 0 Å². The van der Waals surface area contributed by atoms with Crippen LogP contribution in [-0.4, -0.2) is 25.8 Å². The van der Waals surface area contributed by atoms with E-state index in [1.54, 1.807) is 11.6 Å². The topological polar surface area (TPSA) is 68.0 Å². The first-order chi connectivity index (χ1) is 9.08. The molecule has 1 aromatic heterocycles. The molecule has 2 aromatic rings. The van der Waals surface area contributed by atoms with Crippen LogP contribution < -0.4 is 0 Å². The lowest BCUT2D eigenvalue weighted by Gasteiger charge is -2.25. The third kappa shape index (κ3) is 2.50. The summed E-state index contributed by atoms with van der Waals surface area (Å²) < 4.78 is 1.73. The second kappa shape index (κ2) is 5.22. The van der Waals surface area contributed by atoms with E-state index in [2.05, 4.69) is 10.1 Å². The number of carbonyl (C=O) groups is 1. The van der Waals surface area contributed by atoms with Gasteiger partial charge in [0.15, 0.2) is 0 Å². The van der Waals surface area contributed by atoms with E-state index in [9.17, 15) is 9.90 Å². The molecule has 0 saturated heterocycles. The summed E-state index contributed by atoms with van der Waals surface area (Å²) in [5.41, 5.74) is -0.227. The molecular formula is C14H17N3O2. The zero-order valence-electron chi connectivity index (χ0n) is 11.1. The summed E-state index contributed by atoms with van der Waals surface area (Å²) >= 11 is 0. The smallest absolute Gasteiger partial charge is 0.314 e. The second-order valence-electron chi connectivity index (χ2n) is 4.67. The number of benzene rings is 1. The average Bonchev–Trinajstić information content (AvgIpc) is 2.86. The molecule has 100 valence electrons. The van der Waals surface area contributed by atoms with E-state index in [0.717, 1.165) is 5.56 Å². The Balaban J connectivity index is 2.39. The highest BCUT2D eigenvalue weighted by atomic mass is 16.4. The molecule has 5 nitrogen and oxygen atoms in total. The lowest BCUT2D eigenvalue weighted by atomic mass is 9.79. The number of hydrogen-bond donors (Lipinski definition) is 1. The standard InChI is InChI=1S/C14H17N3O2/c1-3-17-12(15-10-16-17)9-14(2,13(18)19)11-7-5-4-6-8-11/h4-8,10H,3,9H2,1-2H3,(H,18,19). The van der Waals surface area contributed by atoms with Crippen LogP contribution in [0.4, 0.5) is 0 Å². The molecule has 0 aliphatic heterocycles. The quantitative estimate of drug-likeness (QED) is 0.890. The zero-order valence-corrected chi connectivity index (χ0v) is 11.1. The molecule has 1 heterocycles. The number of hydrogen-bond acceptors (Lipinski definition) is 3. The van der Waals surface area contributed by atoms with Gasteiger partial charge in [-0.1, -0.05) is 30.3 Å². The molecule has 0 fully saturated rings. The first-order valence-electron chi connectivity index (χ1n) is 6.23. The third-order valence-electron chi connectivity index (χ3n) is 3.39. The van der Waals surface area contributed by atoms with E-state index in [1.807, 2.05) is 37.3 Å². The van der Waals surface area contributed by atoms with Gasteiger partial charge in [0.05, 0.1) is 5.41 Å². The summed E-state index contributed by atoms with van der Waals surface area (Å²) in [6.07, 6.45) is 1.78. The molecule has 0 saturated carbocycles. The number of aliphatic carboxylic acids is 1. The van der Waals surface area contributed by atoms with E-state index < -0.39 is 11.4 Å². The van der Waals surface area contributed by atoms with Crippen LogP contribution in [0, 0.1) is 0 Å². The zero-order chi connectivity index (χ0) is 13.9. The van der Waals surface area contributed by atoms with Gasteiger partial charge in [-0.2, -0.15) is 5.10 Å². The lowest BCUT2D eigenvalue weighted by molar-refractivity contribution is -0.143. The number of aryl methyl sites for hydroxylation is 1. The maximum atomic E-state index is 11.7. The predicted molar refractivity (Wildman–Crippen MR) is 70.8 cm³/mol. The molecule has 0 aliphatic rings. The maximum absolute atomic E-state index is 11.7. The van der Waals surface area contributed by atoms with Crippen molar-refractivity contribution in [1.29, 1.82) is 0 Å². The van der Waals surface area contributed by atoms with Gasteiger partial charge in [-0.25, -0.2) is 4.98 Å². The highest BCUT2D eigenvalue weighted by Crippen LogP contribution is 2.27. The van der Waals surface area contributed by atoms with Crippen molar-refractivity contribution in [2.75, 3.05) is 0 Å². The van der Waals surface area contributed by atoms with Crippen molar-refractivity contribution < 1.29 is 9.90 Å². The van der Waals surface area contributed by atoms with Crippen molar-refractivity contribution in [2.24, 2.45) is 0 Å². The van der Waals surface area contributed by atoms with Crippen molar-refractivity contribution in [3.8, 4) is 0 Å². The molecule has 0 spiro atoms. The summed E-state index contributed by atoms with van der Waals surface area (Å²) in [5.74, 6) is -0.166. The van der Waals surface area contributed by atoms with Gasteiger partial charge < -0.3 is 5.11 Å². The molecule has 1 atom stereocenters. The molecule has 19 heavy (non-hydrogen) atoms. The fourth-order valence-electron chi connectivity index (χ4n) is 2.11. The van der Waals surface area contributed by atoms with Crippen LogP contribution in [0.25, 0.3) is 0 Å². The Morgan fingerprint density at radius 3 is 2.63 bits per heavy atom. The molecular weight excluding hydrogens is 242 g/mol. The fourth-order valence-corrected chi connectivity index (χ4v) is 2.11. The van der Waals surface area contributed by atoms with E-state index in [4.69, 9.17) is 0 Å². The first-order valence-corrected chi connectivity index (χ1v) is 6.23. The Bertz CT molecular complexity index is 565. The van der Waals surface area contributed by atoms with Crippen molar-refractivity contribution in [1.82, 2.24) is 14.8 Å². The summed E-state index contributed by atoms with van der Waals surface area (Å²) in [7, 11) is 0. The van der Waals surface area contributed by atoms with E-state index >= 15 is 0 Å². The van der Waals surface area contributed by atoms with E-state index in [-0.39, 0.29) is 0 Å². The van der Waals surface area contributed by atoms with Gasteiger partial charge in [-0.15, -0.1) is 0 Å². The van der Waals surface area contributed by atoms with Gasteiger partial charge in [-0.3, -0.25) is 9.48 Å². The fraction of sp³-hybridized carbons (Fsp3) is 0.357. The largest absolute Gasteiger partial charge is 0.481 e. The van der Waals surface area contributed by atoms with Crippen LogP contribution in [-0.2, 0) is 23.2 Å². The monoisotopic (exact) mass is 259 g/mol. The normalized spacial score (nSPS) is 14.0. The predicted octanol–water partition coefficient (Wildman–Crippen LogP) is 1.88. The van der Waals surface area contributed by atoms with Crippen LogP contribution in [0.5, 0.6) is 0 Å².